The van der Waals surface area contributed by atoms with Gasteiger partial charge in [-0.15, -0.1) is 0 Å². The number of nitrogens with zero attached hydrogens (tertiary/aromatic N) is 1. The standard InChI is InChI=1S/C8H17N3OS/c1-7(2,12)5-11-6(13)9-8(3,4)10-11/h10,12H,5H2,1-4H3,(H,9,13). The summed E-state index contributed by atoms with van der Waals surface area (Å²) in [5.74, 6) is 0. The predicted molar refractivity (Wildman–Crippen MR) is 56.0 cm³/mol. The molecule has 76 valence electrons. The normalized spacial score (nSPS) is 21.9. The molecule has 0 aliphatic carbocycles. The van der Waals surface area contributed by atoms with Crippen molar-refractivity contribution in [2.24, 2.45) is 0 Å². The Morgan fingerprint density at radius 1 is 1.54 bits per heavy atom. The minimum Gasteiger partial charge on any atom is -0.389 e. The molecular weight excluding hydrogens is 186 g/mol. The fraction of sp³-hybridized carbons (Fsp3) is 0.875. The Kier molecular flexibility index (Phi) is 2.53. The van der Waals surface area contributed by atoms with Gasteiger partial charge in [0.05, 0.1) is 12.1 Å². The van der Waals surface area contributed by atoms with E-state index in [0.29, 0.717) is 11.7 Å². The van der Waals surface area contributed by atoms with Crippen molar-refractivity contribution < 1.29 is 5.11 Å². The van der Waals surface area contributed by atoms with Crippen LogP contribution in [0.5, 0.6) is 0 Å². The Hall–Kier alpha value is -0.390. The van der Waals surface area contributed by atoms with E-state index in [1.165, 1.54) is 0 Å². The van der Waals surface area contributed by atoms with Crippen LogP contribution in [0.2, 0.25) is 0 Å². The lowest BCUT2D eigenvalue weighted by Gasteiger charge is -2.26. The third kappa shape index (κ3) is 3.10. The van der Waals surface area contributed by atoms with Crippen LogP contribution >= 0.6 is 12.2 Å². The first-order valence-corrected chi connectivity index (χ1v) is 4.70. The maximum absolute atomic E-state index is 9.60. The molecule has 0 unspecified atom stereocenters. The van der Waals surface area contributed by atoms with Crippen LogP contribution in [0.1, 0.15) is 27.7 Å². The molecule has 0 aromatic rings. The summed E-state index contributed by atoms with van der Waals surface area (Å²) in [5, 5.41) is 15.1. The summed E-state index contributed by atoms with van der Waals surface area (Å²) < 4.78 is 0. The van der Waals surface area contributed by atoms with Gasteiger partial charge in [0.2, 0.25) is 0 Å². The van der Waals surface area contributed by atoms with Gasteiger partial charge in [0.1, 0.15) is 5.66 Å². The van der Waals surface area contributed by atoms with Crippen LogP contribution in [-0.4, -0.2) is 33.0 Å². The SMILES string of the molecule is CC(C)(O)CN1NC(C)(C)NC1=S. The Morgan fingerprint density at radius 3 is 2.38 bits per heavy atom. The van der Waals surface area contributed by atoms with Crippen LogP contribution in [0.15, 0.2) is 0 Å². The highest BCUT2D eigenvalue weighted by molar-refractivity contribution is 7.80. The maximum atomic E-state index is 9.60. The second kappa shape index (κ2) is 3.08. The number of hydrogen-bond acceptors (Lipinski definition) is 3. The number of thiocarbonyl (C=S) groups is 1. The van der Waals surface area contributed by atoms with E-state index < -0.39 is 5.60 Å². The highest BCUT2D eigenvalue weighted by Crippen LogP contribution is 2.12. The molecule has 1 rings (SSSR count). The van der Waals surface area contributed by atoms with Gasteiger partial charge in [0.25, 0.3) is 0 Å². The van der Waals surface area contributed by atoms with Gasteiger partial charge in [-0.3, -0.25) is 5.01 Å². The Morgan fingerprint density at radius 2 is 2.08 bits per heavy atom. The van der Waals surface area contributed by atoms with Crippen LogP contribution in [0.4, 0.5) is 0 Å². The van der Waals surface area contributed by atoms with Crippen molar-refractivity contribution in [2.75, 3.05) is 6.54 Å². The zero-order chi connectivity index (χ0) is 10.3. The van der Waals surface area contributed by atoms with Gasteiger partial charge in [-0.05, 0) is 39.9 Å². The van der Waals surface area contributed by atoms with Gasteiger partial charge in [-0.1, -0.05) is 0 Å². The van der Waals surface area contributed by atoms with Crippen LogP contribution in [0.3, 0.4) is 0 Å². The minimum absolute atomic E-state index is 0.220. The second-order valence-corrected chi connectivity index (χ2v) is 4.95. The van der Waals surface area contributed by atoms with Crippen molar-refractivity contribution in [1.29, 1.82) is 0 Å². The number of nitrogens with one attached hydrogen (secondary N) is 2. The van der Waals surface area contributed by atoms with Gasteiger partial charge in [0, 0.05) is 0 Å². The molecule has 0 radical (unpaired) electrons. The second-order valence-electron chi connectivity index (χ2n) is 4.57. The van der Waals surface area contributed by atoms with Crippen LogP contribution in [0.25, 0.3) is 0 Å². The Labute approximate surface area is 84.3 Å². The van der Waals surface area contributed by atoms with E-state index in [0.717, 1.165) is 0 Å². The zero-order valence-corrected chi connectivity index (χ0v) is 9.33. The molecule has 13 heavy (non-hydrogen) atoms. The lowest BCUT2D eigenvalue weighted by molar-refractivity contribution is 0.0423. The summed E-state index contributed by atoms with van der Waals surface area (Å²) in [7, 11) is 0. The number of aliphatic hydroxyl groups is 1. The first kappa shape index (κ1) is 10.7. The summed E-state index contributed by atoms with van der Waals surface area (Å²) in [5.41, 5.74) is 2.19. The first-order valence-electron chi connectivity index (χ1n) is 4.29. The van der Waals surface area contributed by atoms with Crippen LogP contribution < -0.4 is 10.7 Å². The molecule has 1 saturated heterocycles. The Balaban J connectivity index is 2.59. The molecule has 0 bridgehead atoms. The molecule has 0 atom stereocenters. The molecule has 1 heterocycles. The summed E-state index contributed by atoms with van der Waals surface area (Å²) in [6.07, 6.45) is 0. The average Bonchev–Trinajstić information content (AvgIpc) is 2.00. The molecule has 4 nitrogen and oxygen atoms in total. The zero-order valence-electron chi connectivity index (χ0n) is 8.51. The van der Waals surface area contributed by atoms with E-state index in [9.17, 15) is 5.11 Å². The largest absolute Gasteiger partial charge is 0.389 e. The highest BCUT2D eigenvalue weighted by atomic mass is 32.1. The predicted octanol–water partition coefficient (Wildman–Crippen LogP) is 0.188. The molecule has 1 aliphatic rings. The molecule has 3 N–H and O–H groups in total. The topological polar surface area (TPSA) is 47.5 Å². The lowest BCUT2D eigenvalue weighted by Crippen LogP contribution is -2.48. The third-order valence-corrected chi connectivity index (χ3v) is 1.95. The van der Waals surface area contributed by atoms with Crippen LogP contribution in [0, 0.1) is 0 Å². The molecule has 1 aliphatic heterocycles. The molecule has 0 aromatic carbocycles. The number of β-amino-alcohol motifs (C(OH)–C–C–N with tert-alkyl or cyclic N) is 1. The van der Waals surface area contributed by atoms with Crippen molar-refractivity contribution >= 4 is 17.3 Å². The van der Waals surface area contributed by atoms with Gasteiger partial charge in [0.15, 0.2) is 5.11 Å². The van der Waals surface area contributed by atoms with E-state index in [1.54, 1.807) is 18.9 Å². The fourth-order valence-electron chi connectivity index (χ4n) is 1.25. The van der Waals surface area contributed by atoms with Crippen molar-refractivity contribution in [3.8, 4) is 0 Å². The van der Waals surface area contributed by atoms with Gasteiger partial charge in [-0.25, -0.2) is 5.43 Å². The Bertz CT molecular complexity index is 222. The molecule has 0 saturated carbocycles. The van der Waals surface area contributed by atoms with E-state index in [4.69, 9.17) is 12.2 Å². The molecule has 0 spiro atoms. The lowest BCUT2D eigenvalue weighted by atomic mass is 10.1. The van der Waals surface area contributed by atoms with Gasteiger partial charge in [-0.2, -0.15) is 0 Å². The van der Waals surface area contributed by atoms with Crippen molar-refractivity contribution in [1.82, 2.24) is 15.8 Å². The average molecular weight is 203 g/mol. The van der Waals surface area contributed by atoms with Crippen LogP contribution in [-0.2, 0) is 0 Å². The number of hydrogen-bond donors (Lipinski definition) is 3. The minimum atomic E-state index is -0.751. The summed E-state index contributed by atoms with van der Waals surface area (Å²) in [6.45, 7) is 7.96. The van der Waals surface area contributed by atoms with Gasteiger partial charge < -0.3 is 10.4 Å². The molecule has 0 aromatic heterocycles. The summed E-state index contributed by atoms with van der Waals surface area (Å²) in [4.78, 5) is 0. The smallest absolute Gasteiger partial charge is 0.185 e. The fourth-order valence-corrected chi connectivity index (χ4v) is 1.61. The number of rotatable bonds is 2. The van der Waals surface area contributed by atoms with Gasteiger partial charge >= 0.3 is 0 Å². The van der Waals surface area contributed by atoms with Crippen molar-refractivity contribution in [3.05, 3.63) is 0 Å². The maximum Gasteiger partial charge on any atom is 0.185 e. The molecular formula is C8H17N3OS. The van der Waals surface area contributed by atoms with Crippen molar-refractivity contribution in [2.45, 2.75) is 39.0 Å². The highest BCUT2D eigenvalue weighted by Gasteiger charge is 2.33. The van der Waals surface area contributed by atoms with E-state index in [1.807, 2.05) is 13.8 Å². The molecule has 0 amide bonds. The van der Waals surface area contributed by atoms with Crippen molar-refractivity contribution in [3.63, 3.8) is 0 Å². The first-order chi connectivity index (χ1) is 5.70. The molecule has 1 fully saturated rings. The number of hydrazine groups is 1. The third-order valence-electron chi connectivity index (χ3n) is 1.62. The quantitative estimate of drug-likeness (QED) is 0.559. The van der Waals surface area contributed by atoms with E-state index in [-0.39, 0.29) is 5.66 Å². The molecule has 5 heteroatoms. The summed E-state index contributed by atoms with van der Waals surface area (Å²) in [6, 6.07) is 0. The summed E-state index contributed by atoms with van der Waals surface area (Å²) >= 11 is 5.10. The van der Waals surface area contributed by atoms with E-state index in [2.05, 4.69) is 10.7 Å². The van der Waals surface area contributed by atoms with E-state index >= 15 is 0 Å². The monoisotopic (exact) mass is 203 g/mol.